The van der Waals surface area contributed by atoms with Crippen molar-refractivity contribution >= 4 is 5.91 Å². The Hall–Kier alpha value is -0.610. The molecule has 0 saturated carbocycles. The van der Waals surface area contributed by atoms with Gasteiger partial charge in [0.25, 0.3) is 0 Å². The third-order valence-electron chi connectivity index (χ3n) is 2.16. The molecule has 0 aliphatic carbocycles. The number of hydrogen-bond donors (Lipinski definition) is 2. The van der Waals surface area contributed by atoms with E-state index in [1.165, 1.54) is 0 Å². The third-order valence-corrected chi connectivity index (χ3v) is 2.16. The summed E-state index contributed by atoms with van der Waals surface area (Å²) in [5, 5.41) is 11.6. The average molecular weight is 202 g/mol. The van der Waals surface area contributed by atoms with Crippen LogP contribution in [0, 0.1) is 5.92 Å². The second-order valence-corrected chi connectivity index (χ2v) is 3.83. The van der Waals surface area contributed by atoms with Gasteiger partial charge in [-0.25, -0.2) is 0 Å². The van der Waals surface area contributed by atoms with Crippen LogP contribution in [0.5, 0.6) is 0 Å². The van der Waals surface area contributed by atoms with E-state index in [1.54, 1.807) is 0 Å². The molecule has 0 radical (unpaired) electrons. The molecule has 1 unspecified atom stereocenters. The SMILES string of the molecule is CCC(CCO)CNC(=O)CN(C)C. The number of nitrogens with zero attached hydrogens (tertiary/aromatic N) is 1. The van der Waals surface area contributed by atoms with E-state index in [2.05, 4.69) is 12.2 Å². The van der Waals surface area contributed by atoms with Crippen molar-refractivity contribution in [3.8, 4) is 0 Å². The predicted octanol–water partition coefficient (Wildman–Crippen LogP) is 0.0728. The van der Waals surface area contributed by atoms with Gasteiger partial charge in [-0.1, -0.05) is 13.3 Å². The fourth-order valence-electron chi connectivity index (χ4n) is 1.23. The molecule has 4 nitrogen and oxygen atoms in total. The molecule has 14 heavy (non-hydrogen) atoms. The second-order valence-electron chi connectivity index (χ2n) is 3.83. The number of aliphatic hydroxyl groups excluding tert-OH is 1. The standard InChI is InChI=1S/C10H22N2O2/c1-4-9(5-6-13)7-11-10(14)8-12(2)3/h9,13H,4-8H2,1-3H3,(H,11,14). The van der Waals surface area contributed by atoms with Crippen LogP contribution in [0.3, 0.4) is 0 Å². The topological polar surface area (TPSA) is 52.6 Å². The van der Waals surface area contributed by atoms with E-state index in [1.807, 2.05) is 19.0 Å². The Morgan fingerprint density at radius 1 is 1.50 bits per heavy atom. The molecule has 0 spiro atoms. The summed E-state index contributed by atoms with van der Waals surface area (Å²) in [6, 6.07) is 0. The molecule has 0 aromatic carbocycles. The van der Waals surface area contributed by atoms with Crippen LogP contribution in [0.1, 0.15) is 19.8 Å². The van der Waals surface area contributed by atoms with E-state index in [9.17, 15) is 4.79 Å². The van der Waals surface area contributed by atoms with Crippen molar-refractivity contribution in [1.29, 1.82) is 0 Å². The van der Waals surface area contributed by atoms with Gasteiger partial charge in [-0.2, -0.15) is 0 Å². The van der Waals surface area contributed by atoms with E-state index in [-0.39, 0.29) is 12.5 Å². The fraction of sp³-hybridized carbons (Fsp3) is 0.900. The molecule has 2 N–H and O–H groups in total. The lowest BCUT2D eigenvalue weighted by Gasteiger charge is -2.15. The van der Waals surface area contributed by atoms with Crippen LogP contribution in [-0.2, 0) is 4.79 Å². The van der Waals surface area contributed by atoms with Gasteiger partial charge in [-0.3, -0.25) is 4.79 Å². The first-order chi connectivity index (χ1) is 6.60. The van der Waals surface area contributed by atoms with Crippen molar-refractivity contribution in [2.24, 2.45) is 5.92 Å². The first-order valence-corrected chi connectivity index (χ1v) is 5.12. The summed E-state index contributed by atoms with van der Waals surface area (Å²) in [6.45, 7) is 3.36. The van der Waals surface area contributed by atoms with Gasteiger partial charge in [0.2, 0.25) is 5.91 Å². The molecule has 0 aliphatic rings. The summed E-state index contributed by atoms with van der Waals surface area (Å²) in [6.07, 6.45) is 1.75. The van der Waals surface area contributed by atoms with Crippen LogP contribution in [0.2, 0.25) is 0 Å². The number of rotatable bonds is 7. The monoisotopic (exact) mass is 202 g/mol. The van der Waals surface area contributed by atoms with Crippen molar-refractivity contribution < 1.29 is 9.90 Å². The Bertz CT molecular complexity index is 160. The lowest BCUT2D eigenvalue weighted by Crippen LogP contribution is -2.36. The van der Waals surface area contributed by atoms with E-state index >= 15 is 0 Å². The lowest BCUT2D eigenvalue weighted by molar-refractivity contribution is -0.121. The molecular formula is C10H22N2O2. The number of carbonyl (C=O) groups is 1. The second kappa shape index (κ2) is 7.76. The molecule has 0 bridgehead atoms. The van der Waals surface area contributed by atoms with Crippen molar-refractivity contribution in [3.05, 3.63) is 0 Å². The molecule has 0 fully saturated rings. The average Bonchev–Trinajstić information content (AvgIpc) is 2.11. The molecule has 1 atom stereocenters. The van der Waals surface area contributed by atoms with Crippen LogP contribution >= 0.6 is 0 Å². The van der Waals surface area contributed by atoms with Crippen LogP contribution in [-0.4, -0.2) is 49.7 Å². The lowest BCUT2D eigenvalue weighted by atomic mass is 10.0. The van der Waals surface area contributed by atoms with Gasteiger partial charge in [0, 0.05) is 13.2 Å². The Labute approximate surface area is 86.3 Å². The zero-order valence-corrected chi connectivity index (χ0v) is 9.42. The number of nitrogens with one attached hydrogen (secondary N) is 1. The Morgan fingerprint density at radius 3 is 2.57 bits per heavy atom. The Kier molecular flexibility index (Phi) is 7.42. The number of amides is 1. The van der Waals surface area contributed by atoms with Gasteiger partial charge >= 0.3 is 0 Å². The Balaban J connectivity index is 3.62. The van der Waals surface area contributed by atoms with Crippen molar-refractivity contribution in [2.45, 2.75) is 19.8 Å². The van der Waals surface area contributed by atoms with E-state index in [0.29, 0.717) is 19.0 Å². The van der Waals surface area contributed by atoms with Crippen molar-refractivity contribution in [2.75, 3.05) is 33.8 Å². The highest BCUT2D eigenvalue weighted by Crippen LogP contribution is 2.05. The number of likely N-dealkylation sites (N-methyl/N-ethyl adjacent to an activating group) is 1. The van der Waals surface area contributed by atoms with Gasteiger partial charge < -0.3 is 15.3 Å². The summed E-state index contributed by atoms with van der Waals surface area (Å²) in [7, 11) is 3.73. The van der Waals surface area contributed by atoms with Crippen LogP contribution in [0.25, 0.3) is 0 Å². The van der Waals surface area contributed by atoms with Crippen LogP contribution < -0.4 is 5.32 Å². The van der Waals surface area contributed by atoms with Crippen molar-refractivity contribution in [3.63, 3.8) is 0 Å². The summed E-state index contributed by atoms with van der Waals surface area (Å²) in [4.78, 5) is 13.1. The van der Waals surface area contributed by atoms with E-state index in [4.69, 9.17) is 5.11 Å². The van der Waals surface area contributed by atoms with Gasteiger partial charge in [0.15, 0.2) is 0 Å². The number of aliphatic hydroxyl groups is 1. The molecular weight excluding hydrogens is 180 g/mol. The first kappa shape index (κ1) is 13.4. The molecule has 0 aromatic rings. The molecule has 0 rings (SSSR count). The summed E-state index contributed by atoms with van der Waals surface area (Å²) < 4.78 is 0. The third kappa shape index (κ3) is 6.86. The maximum absolute atomic E-state index is 11.3. The zero-order valence-electron chi connectivity index (χ0n) is 9.42. The fourth-order valence-corrected chi connectivity index (χ4v) is 1.23. The van der Waals surface area contributed by atoms with Gasteiger partial charge in [0.1, 0.15) is 0 Å². The van der Waals surface area contributed by atoms with Crippen molar-refractivity contribution in [1.82, 2.24) is 10.2 Å². The van der Waals surface area contributed by atoms with E-state index < -0.39 is 0 Å². The molecule has 0 heterocycles. The minimum absolute atomic E-state index is 0.0476. The first-order valence-electron chi connectivity index (χ1n) is 5.12. The molecule has 1 amide bonds. The number of carbonyl (C=O) groups excluding carboxylic acids is 1. The summed E-state index contributed by atoms with van der Waals surface area (Å²) in [5.41, 5.74) is 0. The minimum Gasteiger partial charge on any atom is -0.396 e. The molecule has 4 heteroatoms. The van der Waals surface area contributed by atoms with Crippen LogP contribution in [0.15, 0.2) is 0 Å². The Morgan fingerprint density at radius 2 is 2.14 bits per heavy atom. The zero-order chi connectivity index (χ0) is 11.0. The van der Waals surface area contributed by atoms with E-state index in [0.717, 1.165) is 12.8 Å². The number of hydrogen-bond acceptors (Lipinski definition) is 3. The quantitative estimate of drug-likeness (QED) is 0.614. The normalized spacial score (nSPS) is 12.9. The largest absolute Gasteiger partial charge is 0.396 e. The van der Waals surface area contributed by atoms with Gasteiger partial charge in [-0.15, -0.1) is 0 Å². The highest BCUT2D eigenvalue weighted by Gasteiger charge is 2.08. The summed E-state index contributed by atoms with van der Waals surface area (Å²) in [5.74, 6) is 0.442. The molecule has 0 aliphatic heterocycles. The summed E-state index contributed by atoms with van der Waals surface area (Å²) >= 11 is 0. The maximum atomic E-state index is 11.3. The smallest absolute Gasteiger partial charge is 0.234 e. The highest BCUT2D eigenvalue weighted by molar-refractivity contribution is 5.77. The molecule has 0 aromatic heterocycles. The molecule has 0 saturated heterocycles. The van der Waals surface area contributed by atoms with Gasteiger partial charge in [0.05, 0.1) is 6.54 Å². The minimum atomic E-state index is 0.0476. The van der Waals surface area contributed by atoms with Crippen LogP contribution in [0.4, 0.5) is 0 Å². The van der Waals surface area contributed by atoms with Gasteiger partial charge in [-0.05, 0) is 26.4 Å². The highest BCUT2D eigenvalue weighted by atomic mass is 16.3. The maximum Gasteiger partial charge on any atom is 0.234 e. The molecule has 84 valence electrons. The predicted molar refractivity (Wildman–Crippen MR) is 57.0 cm³/mol.